The van der Waals surface area contributed by atoms with Crippen LogP contribution < -0.4 is 21.1 Å². The molecule has 5 N–H and O–H groups in total. The van der Waals surface area contributed by atoms with Gasteiger partial charge >= 0.3 is 0 Å². The minimum absolute atomic E-state index is 0.0362. The Hall–Kier alpha value is -3.74. The van der Waals surface area contributed by atoms with Crippen molar-refractivity contribution >= 4 is 50.1 Å². The van der Waals surface area contributed by atoms with Gasteiger partial charge in [0.2, 0.25) is 21.8 Å². The molecule has 0 bridgehead atoms. The van der Waals surface area contributed by atoms with Crippen LogP contribution in [0.3, 0.4) is 0 Å². The lowest BCUT2D eigenvalue weighted by molar-refractivity contribution is -0.117. The van der Waals surface area contributed by atoms with Crippen LogP contribution in [0, 0.1) is 0 Å². The van der Waals surface area contributed by atoms with Crippen molar-refractivity contribution < 1.29 is 27.2 Å². The van der Waals surface area contributed by atoms with Crippen LogP contribution in [0.1, 0.15) is 30.3 Å². The summed E-state index contributed by atoms with van der Waals surface area (Å²) in [6, 6.07) is 12.2. The van der Waals surface area contributed by atoms with Crippen molar-refractivity contribution in [3.63, 3.8) is 0 Å². The lowest BCUT2D eigenvalue weighted by atomic mass is 10.1. The number of fused-ring (bicyclic) bond motifs is 1. The summed E-state index contributed by atoms with van der Waals surface area (Å²) in [4.78, 5) is 38.7. The molecule has 36 heavy (non-hydrogen) atoms. The zero-order chi connectivity index (χ0) is 25.9. The number of benzene rings is 2. The first kappa shape index (κ1) is 25.4. The number of sulfonamides is 1. The van der Waals surface area contributed by atoms with Gasteiger partial charge in [-0.1, -0.05) is 6.07 Å². The van der Waals surface area contributed by atoms with E-state index in [-0.39, 0.29) is 41.0 Å². The van der Waals surface area contributed by atoms with Crippen LogP contribution in [0.2, 0.25) is 0 Å². The normalized spacial score (nSPS) is 16.4. The zero-order valence-electron chi connectivity index (χ0n) is 19.6. The van der Waals surface area contributed by atoms with Gasteiger partial charge in [0.25, 0.3) is 5.91 Å². The molecular formula is C24H27N5O6S. The predicted octanol–water partition coefficient (Wildman–Crippen LogP) is 1.87. The third-order valence-corrected chi connectivity index (χ3v) is 6.70. The van der Waals surface area contributed by atoms with Crippen molar-refractivity contribution in [3.05, 3.63) is 54.3 Å². The maximum atomic E-state index is 12.8. The highest BCUT2D eigenvalue weighted by Gasteiger charge is 2.25. The van der Waals surface area contributed by atoms with E-state index in [4.69, 9.17) is 9.56 Å². The van der Waals surface area contributed by atoms with Gasteiger partial charge in [0, 0.05) is 30.6 Å². The highest BCUT2D eigenvalue weighted by molar-refractivity contribution is 7.89. The molecule has 1 saturated heterocycles. The number of rotatable bonds is 7. The van der Waals surface area contributed by atoms with Crippen LogP contribution in [0.25, 0.3) is 11.0 Å². The summed E-state index contributed by atoms with van der Waals surface area (Å²) in [5.41, 5.74) is 1.51. The quantitative estimate of drug-likeness (QED) is 0.374. The number of carbonyl (C=O) groups is 3. The number of furan rings is 1. The van der Waals surface area contributed by atoms with Gasteiger partial charge in [-0.25, -0.2) is 13.6 Å². The van der Waals surface area contributed by atoms with Gasteiger partial charge in [0.15, 0.2) is 5.76 Å². The summed E-state index contributed by atoms with van der Waals surface area (Å²) in [7, 11) is -3.80. The molecule has 1 fully saturated rings. The van der Waals surface area contributed by atoms with Crippen molar-refractivity contribution in [2.24, 2.45) is 5.14 Å². The smallest absolute Gasteiger partial charge is 0.287 e. The SMILES string of the molecule is CC(=O)Nc1cccc2oc(C(=O)NC3CCCN(CC(=O)Nc4ccc(S(N)(=O)=O)cc4)C3)cc12. The number of piperidine rings is 1. The number of nitrogens with two attached hydrogens (primary N) is 1. The maximum absolute atomic E-state index is 12.8. The summed E-state index contributed by atoms with van der Waals surface area (Å²) >= 11 is 0. The van der Waals surface area contributed by atoms with E-state index in [1.807, 2.05) is 4.90 Å². The number of hydrogen-bond acceptors (Lipinski definition) is 7. The number of amides is 3. The lowest BCUT2D eigenvalue weighted by Gasteiger charge is -2.32. The first-order valence-electron chi connectivity index (χ1n) is 11.3. The minimum Gasteiger partial charge on any atom is -0.451 e. The van der Waals surface area contributed by atoms with Gasteiger partial charge < -0.3 is 20.4 Å². The standard InChI is InChI=1S/C24H27N5O6S/c1-15(30)26-20-5-2-6-21-19(20)12-22(35-21)24(32)28-17-4-3-11-29(13-17)14-23(31)27-16-7-9-18(10-8-16)36(25,33)34/h2,5-10,12,17H,3-4,11,13-14H2,1H3,(H,26,30)(H,27,31)(H,28,32)(H2,25,33,34). The number of likely N-dealkylation sites (tertiary alicyclic amines) is 1. The molecule has 1 atom stereocenters. The van der Waals surface area contributed by atoms with E-state index in [0.717, 1.165) is 12.8 Å². The topological polar surface area (TPSA) is 164 Å². The van der Waals surface area contributed by atoms with E-state index < -0.39 is 10.0 Å². The second-order valence-electron chi connectivity index (χ2n) is 8.67. The van der Waals surface area contributed by atoms with Crippen molar-refractivity contribution in [2.45, 2.75) is 30.7 Å². The van der Waals surface area contributed by atoms with Crippen LogP contribution in [0.15, 0.2) is 57.8 Å². The van der Waals surface area contributed by atoms with Crippen molar-refractivity contribution in [1.29, 1.82) is 0 Å². The largest absolute Gasteiger partial charge is 0.451 e. The van der Waals surface area contributed by atoms with Gasteiger partial charge in [0.1, 0.15) is 5.58 Å². The lowest BCUT2D eigenvalue weighted by Crippen LogP contribution is -2.49. The fourth-order valence-electron chi connectivity index (χ4n) is 4.18. The average molecular weight is 514 g/mol. The highest BCUT2D eigenvalue weighted by atomic mass is 32.2. The third kappa shape index (κ3) is 6.27. The molecule has 2 aromatic carbocycles. The van der Waals surface area contributed by atoms with E-state index in [9.17, 15) is 22.8 Å². The Morgan fingerprint density at radius 3 is 2.56 bits per heavy atom. The molecule has 0 aliphatic carbocycles. The number of nitrogens with zero attached hydrogens (tertiary/aromatic N) is 1. The molecule has 12 heteroatoms. The number of anilines is 2. The Labute approximate surface area is 208 Å². The van der Waals surface area contributed by atoms with Crippen molar-refractivity contribution in [1.82, 2.24) is 10.2 Å². The first-order chi connectivity index (χ1) is 17.1. The summed E-state index contributed by atoms with van der Waals surface area (Å²) in [5, 5.41) is 14.1. The van der Waals surface area contributed by atoms with Gasteiger partial charge in [-0.3, -0.25) is 19.3 Å². The van der Waals surface area contributed by atoms with Crippen LogP contribution in [0.4, 0.5) is 11.4 Å². The van der Waals surface area contributed by atoms with E-state index >= 15 is 0 Å². The molecule has 1 unspecified atom stereocenters. The molecule has 3 amide bonds. The molecule has 2 heterocycles. The Kier molecular flexibility index (Phi) is 7.38. The summed E-state index contributed by atoms with van der Waals surface area (Å²) < 4.78 is 28.4. The molecule has 1 aliphatic heterocycles. The first-order valence-corrected chi connectivity index (χ1v) is 12.9. The number of hydrogen-bond donors (Lipinski definition) is 4. The summed E-state index contributed by atoms with van der Waals surface area (Å²) in [6.07, 6.45) is 1.56. The second kappa shape index (κ2) is 10.5. The van der Waals surface area contributed by atoms with E-state index in [2.05, 4.69) is 16.0 Å². The van der Waals surface area contributed by atoms with Crippen LogP contribution >= 0.6 is 0 Å². The summed E-state index contributed by atoms with van der Waals surface area (Å²) in [5.74, 6) is -0.707. The van der Waals surface area contributed by atoms with E-state index in [1.54, 1.807) is 24.3 Å². The Morgan fingerprint density at radius 1 is 1.11 bits per heavy atom. The average Bonchev–Trinajstić information content (AvgIpc) is 3.24. The van der Waals surface area contributed by atoms with Gasteiger partial charge in [0.05, 0.1) is 17.1 Å². The number of nitrogens with one attached hydrogen (secondary N) is 3. The second-order valence-corrected chi connectivity index (χ2v) is 10.2. The Balaban J connectivity index is 1.33. The monoisotopic (exact) mass is 513 g/mol. The van der Waals surface area contributed by atoms with Crippen LogP contribution in [-0.4, -0.2) is 56.7 Å². The third-order valence-electron chi connectivity index (χ3n) is 5.77. The number of primary sulfonamides is 1. The van der Waals surface area contributed by atoms with Gasteiger partial charge in [-0.15, -0.1) is 0 Å². The molecule has 4 rings (SSSR count). The minimum atomic E-state index is -3.80. The molecule has 190 valence electrons. The van der Waals surface area contributed by atoms with Crippen molar-refractivity contribution in [2.75, 3.05) is 30.3 Å². The fourth-order valence-corrected chi connectivity index (χ4v) is 4.69. The summed E-state index contributed by atoms with van der Waals surface area (Å²) in [6.45, 7) is 2.72. The molecule has 0 saturated carbocycles. The molecule has 0 spiro atoms. The Morgan fingerprint density at radius 2 is 1.86 bits per heavy atom. The number of carbonyl (C=O) groups excluding carboxylic acids is 3. The van der Waals surface area contributed by atoms with Gasteiger partial charge in [-0.2, -0.15) is 0 Å². The maximum Gasteiger partial charge on any atom is 0.287 e. The Bertz CT molecular complexity index is 1400. The van der Waals surface area contributed by atoms with Crippen LogP contribution in [-0.2, 0) is 19.6 Å². The molecule has 11 nitrogen and oxygen atoms in total. The molecule has 1 aromatic heterocycles. The van der Waals surface area contributed by atoms with Crippen molar-refractivity contribution in [3.8, 4) is 0 Å². The molecule has 0 radical (unpaired) electrons. The molecular weight excluding hydrogens is 486 g/mol. The molecule has 1 aliphatic rings. The van der Waals surface area contributed by atoms with E-state index in [1.165, 1.54) is 31.2 Å². The fraction of sp³-hybridized carbons (Fsp3) is 0.292. The predicted molar refractivity (Wildman–Crippen MR) is 134 cm³/mol. The highest BCUT2D eigenvalue weighted by Crippen LogP contribution is 2.27. The van der Waals surface area contributed by atoms with E-state index in [0.29, 0.717) is 35.4 Å². The van der Waals surface area contributed by atoms with Gasteiger partial charge in [-0.05, 0) is 61.9 Å². The van der Waals surface area contributed by atoms with Crippen LogP contribution in [0.5, 0.6) is 0 Å². The molecule has 3 aromatic rings. The zero-order valence-corrected chi connectivity index (χ0v) is 20.4.